The highest BCUT2D eigenvalue weighted by Crippen LogP contribution is 2.10. The number of benzene rings is 1. The topological polar surface area (TPSA) is 190 Å². The highest BCUT2D eigenvalue weighted by atomic mass is 19.1. The number of nitrogens with one attached hydrogen (secondary N) is 2. The second-order valence-corrected chi connectivity index (χ2v) is 8.60. The molecule has 15 nitrogen and oxygen atoms in total. The molecule has 0 saturated carbocycles. The molecule has 3 aromatic rings. The second-order valence-electron chi connectivity index (χ2n) is 8.60. The first-order valence-corrected chi connectivity index (χ1v) is 12.3. The van der Waals surface area contributed by atoms with Crippen LogP contribution in [0.2, 0.25) is 0 Å². The molecule has 0 radical (unpaired) electrons. The SMILES string of the molecule is CCCC(NC(=O)Cc1cc(F)cc(F)c1)C(=O)Nc1cn(CC(=O)OC)cn1.COC(=O)Cn1cnc([N+](=O)[O-])c1. The standard InChI is InChI=1S/C19H22F2N4O4.C6H7N3O4/c1-3-4-15(23-17(26)7-12-5-13(20)8-14(21)6-12)19(28)24-16-9-25(11-22-16)10-18(27)29-2;1-13-6(10)3-8-2-5(7-4-8)9(11)12/h5-6,8-9,11,15H,3-4,7,10H2,1-2H3,(H,23,26)(H,24,28);2,4H,3H2,1H3. The molecule has 0 fully saturated rings. The Balaban J connectivity index is 0.000000395. The van der Waals surface area contributed by atoms with Crippen molar-refractivity contribution >= 4 is 35.4 Å². The van der Waals surface area contributed by atoms with Gasteiger partial charge in [0.25, 0.3) is 0 Å². The van der Waals surface area contributed by atoms with Gasteiger partial charge in [-0.05, 0) is 34.0 Å². The molecule has 1 aromatic carbocycles. The molecule has 0 aliphatic heterocycles. The van der Waals surface area contributed by atoms with Gasteiger partial charge in [-0.25, -0.2) is 13.8 Å². The number of rotatable bonds is 12. The lowest BCUT2D eigenvalue weighted by Crippen LogP contribution is -2.44. The molecule has 2 N–H and O–H groups in total. The van der Waals surface area contributed by atoms with Gasteiger partial charge in [0.2, 0.25) is 18.1 Å². The quantitative estimate of drug-likeness (QED) is 0.178. The molecular formula is C25H29F2N7O8. The fourth-order valence-corrected chi connectivity index (χ4v) is 3.38. The first kappa shape index (κ1) is 33.0. The number of imidazole rings is 2. The minimum atomic E-state index is -0.850. The predicted molar refractivity (Wildman–Crippen MR) is 141 cm³/mol. The van der Waals surface area contributed by atoms with Gasteiger partial charge in [0.05, 0.1) is 27.0 Å². The Morgan fingerprint density at radius 3 is 2.07 bits per heavy atom. The third kappa shape index (κ3) is 11.1. The summed E-state index contributed by atoms with van der Waals surface area (Å²) >= 11 is 0. The number of anilines is 1. The molecule has 0 spiro atoms. The van der Waals surface area contributed by atoms with Gasteiger partial charge in [0.15, 0.2) is 5.82 Å². The first-order valence-electron chi connectivity index (χ1n) is 12.3. The number of carbonyl (C=O) groups excluding carboxylic acids is 4. The largest absolute Gasteiger partial charge is 0.468 e. The minimum absolute atomic E-state index is 0.0569. The van der Waals surface area contributed by atoms with E-state index in [1.54, 1.807) is 0 Å². The summed E-state index contributed by atoms with van der Waals surface area (Å²) in [7, 11) is 2.51. The van der Waals surface area contributed by atoms with Crippen LogP contribution in [0.15, 0.2) is 43.2 Å². The first-order chi connectivity index (χ1) is 19.9. The highest BCUT2D eigenvalue weighted by Gasteiger charge is 2.21. The van der Waals surface area contributed by atoms with Crippen LogP contribution in [0.1, 0.15) is 25.3 Å². The molecule has 1 unspecified atom stereocenters. The number of esters is 2. The minimum Gasteiger partial charge on any atom is -0.468 e. The normalized spacial score (nSPS) is 11.0. The van der Waals surface area contributed by atoms with Gasteiger partial charge in [-0.2, -0.15) is 0 Å². The summed E-state index contributed by atoms with van der Waals surface area (Å²) in [5, 5.41) is 15.3. The Morgan fingerprint density at radius 2 is 1.55 bits per heavy atom. The van der Waals surface area contributed by atoms with Crippen molar-refractivity contribution in [2.75, 3.05) is 19.5 Å². The monoisotopic (exact) mass is 593 g/mol. The van der Waals surface area contributed by atoms with Crippen molar-refractivity contribution in [3.63, 3.8) is 0 Å². The van der Waals surface area contributed by atoms with Crippen LogP contribution in [0.3, 0.4) is 0 Å². The van der Waals surface area contributed by atoms with E-state index in [1.807, 2.05) is 6.92 Å². The van der Waals surface area contributed by atoms with E-state index in [0.29, 0.717) is 18.9 Å². The lowest BCUT2D eigenvalue weighted by Gasteiger charge is -2.17. The van der Waals surface area contributed by atoms with Crippen molar-refractivity contribution in [3.05, 3.63) is 70.6 Å². The number of aromatic nitrogens is 4. The maximum atomic E-state index is 13.3. The van der Waals surface area contributed by atoms with Crippen LogP contribution in [0.25, 0.3) is 0 Å². The van der Waals surface area contributed by atoms with Gasteiger partial charge in [0.1, 0.15) is 37.0 Å². The Morgan fingerprint density at radius 1 is 0.976 bits per heavy atom. The summed E-state index contributed by atoms with van der Waals surface area (Å²) in [5.74, 6) is -3.62. The van der Waals surface area contributed by atoms with Gasteiger partial charge in [-0.1, -0.05) is 13.3 Å². The van der Waals surface area contributed by atoms with Crippen molar-refractivity contribution < 1.29 is 42.4 Å². The van der Waals surface area contributed by atoms with Crippen LogP contribution in [-0.4, -0.2) is 68.0 Å². The number of hydrogen-bond acceptors (Lipinski definition) is 10. The molecule has 0 bridgehead atoms. The number of methoxy groups -OCH3 is 2. The van der Waals surface area contributed by atoms with Gasteiger partial charge in [-0.15, -0.1) is 0 Å². The summed E-state index contributed by atoms with van der Waals surface area (Å²) < 4.78 is 38.2. The van der Waals surface area contributed by atoms with Crippen molar-refractivity contribution in [3.8, 4) is 0 Å². The zero-order valence-corrected chi connectivity index (χ0v) is 22.9. The predicted octanol–water partition coefficient (Wildman–Crippen LogP) is 1.76. The van der Waals surface area contributed by atoms with Crippen LogP contribution in [-0.2, 0) is 48.2 Å². The molecule has 0 aliphatic carbocycles. The van der Waals surface area contributed by atoms with E-state index in [-0.39, 0.29) is 36.7 Å². The number of nitrogens with zero attached hydrogens (tertiary/aromatic N) is 5. The maximum Gasteiger partial charge on any atom is 0.381 e. The smallest absolute Gasteiger partial charge is 0.381 e. The molecule has 2 amide bonds. The molecule has 2 heterocycles. The van der Waals surface area contributed by atoms with Crippen LogP contribution < -0.4 is 10.6 Å². The Kier molecular flexibility index (Phi) is 12.7. The number of nitro groups is 1. The lowest BCUT2D eigenvalue weighted by atomic mass is 10.1. The summed E-state index contributed by atoms with van der Waals surface area (Å²) in [6.45, 7) is 1.72. The zero-order chi connectivity index (χ0) is 31.2. The summed E-state index contributed by atoms with van der Waals surface area (Å²) in [6.07, 6.45) is 5.89. The van der Waals surface area contributed by atoms with Crippen LogP contribution in [0.4, 0.5) is 20.4 Å². The van der Waals surface area contributed by atoms with Crippen molar-refractivity contribution in [2.45, 2.75) is 45.3 Å². The number of carbonyl (C=O) groups is 4. The van der Waals surface area contributed by atoms with Gasteiger partial charge < -0.3 is 34.8 Å². The second kappa shape index (κ2) is 16.1. The molecule has 3 rings (SSSR count). The molecule has 42 heavy (non-hydrogen) atoms. The molecule has 1 atom stereocenters. The average molecular weight is 594 g/mol. The fraction of sp³-hybridized carbons (Fsp3) is 0.360. The van der Waals surface area contributed by atoms with E-state index in [4.69, 9.17) is 0 Å². The van der Waals surface area contributed by atoms with Gasteiger partial charge in [-0.3, -0.25) is 23.7 Å². The van der Waals surface area contributed by atoms with E-state index >= 15 is 0 Å². The number of halogens is 2. The van der Waals surface area contributed by atoms with Crippen LogP contribution in [0.5, 0.6) is 0 Å². The molecule has 2 aromatic heterocycles. The van der Waals surface area contributed by atoms with E-state index in [1.165, 1.54) is 42.2 Å². The Hall–Kier alpha value is -5.22. The molecular weight excluding hydrogens is 564 g/mol. The molecule has 0 aliphatic rings. The summed E-state index contributed by atoms with van der Waals surface area (Å²) in [5.41, 5.74) is 0.164. The zero-order valence-electron chi connectivity index (χ0n) is 22.9. The molecule has 226 valence electrons. The van der Waals surface area contributed by atoms with E-state index < -0.39 is 46.4 Å². The average Bonchev–Trinajstić information content (AvgIpc) is 3.57. The van der Waals surface area contributed by atoms with Crippen molar-refractivity contribution in [2.24, 2.45) is 0 Å². The molecule has 0 saturated heterocycles. The summed E-state index contributed by atoms with van der Waals surface area (Å²) in [4.78, 5) is 63.7. The van der Waals surface area contributed by atoms with Crippen molar-refractivity contribution in [1.29, 1.82) is 0 Å². The van der Waals surface area contributed by atoms with Crippen molar-refractivity contribution in [1.82, 2.24) is 24.4 Å². The maximum absolute atomic E-state index is 13.3. The molecule has 17 heteroatoms. The Labute approximate surface area is 238 Å². The highest BCUT2D eigenvalue weighted by molar-refractivity contribution is 5.96. The van der Waals surface area contributed by atoms with E-state index in [0.717, 1.165) is 18.3 Å². The van der Waals surface area contributed by atoms with Crippen LogP contribution >= 0.6 is 0 Å². The number of amides is 2. The van der Waals surface area contributed by atoms with Gasteiger partial charge in [0, 0.05) is 12.3 Å². The summed E-state index contributed by atoms with van der Waals surface area (Å²) in [6, 6.07) is 1.99. The fourth-order valence-electron chi connectivity index (χ4n) is 3.38. The van der Waals surface area contributed by atoms with E-state index in [2.05, 4.69) is 30.1 Å². The number of hydrogen-bond donors (Lipinski definition) is 2. The van der Waals surface area contributed by atoms with Crippen LogP contribution in [0, 0.1) is 21.7 Å². The number of ether oxygens (including phenoxy) is 2. The third-order valence-electron chi connectivity index (χ3n) is 5.29. The van der Waals surface area contributed by atoms with E-state index in [9.17, 15) is 38.1 Å². The lowest BCUT2D eigenvalue weighted by molar-refractivity contribution is -0.389. The third-order valence-corrected chi connectivity index (χ3v) is 5.29. The van der Waals surface area contributed by atoms with Gasteiger partial charge >= 0.3 is 17.8 Å². The Bertz CT molecular complexity index is 1390.